The highest BCUT2D eigenvalue weighted by atomic mass is 16.5. The van der Waals surface area contributed by atoms with E-state index < -0.39 is 0 Å². The minimum absolute atomic E-state index is 0.129. The maximum Gasteiger partial charge on any atom is 0.302 e. The summed E-state index contributed by atoms with van der Waals surface area (Å²) in [6, 6.07) is 0. The van der Waals surface area contributed by atoms with Crippen molar-refractivity contribution in [1.29, 1.82) is 0 Å². The molecule has 0 aromatic heterocycles. The molecule has 0 aromatic carbocycles. The van der Waals surface area contributed by atoms with E-state index in [0.717, 1.165) is 12.8 Å². The maximum absolute atomic E-state index is 10.9. The predicted molar refractivity (Wildman–Crippen MR) is 86.7 cm³/mol. The highest BCUT2D eigenvalue weighted by Gasteiger charge is 2.08. The monoisotopic (exact) mass is 280 g/mol. The summed E-state index contributed by atoms with van der Waals surface area (Å²) >= 11 is 0. The number of carbonyl (C=O) groups excluding carboxylic acids is 1. The normalized spacial score (nSPS) is 12.5. The molecule has 0 N–H and O–H groups in total. The van der Waals surface area contributed by atoms with Gasteiger partial charge in [0.2, 0.25) is 0 Å². The van der Waals surface area contributed by atoms with Gasteiger partial charge in [-0.2, -0.15) is 0 Å². The van der Waals surface area contributed by atoms with Crippen LogP contribution in [0.15, 0.2) is 24.8 Å². The Kier molecular flexibility index (Phi) is 13.6. The Morgan fingerprint density at radius 3 is 2.25 bits per heavy atom. The fraction of sp³-hybridized carbons (Fsp3) is 0.722. The fourth-order valence-electron chi connectivity index (χ4n) is 2.29. The maximum atomic E-state index is 10.9. The van der Waals surface area contributed by atoms with Crippen molar-refractivity contribution in [3.8, 4) is 0 Å². The lowest BCUT2D eigenvalue weighted by atomic mass is 10.0. The third-order valence-electron chi connectivity index (χ3n) is 3.46. The van der Waals surface area contributed by atoms with Gasteiger partial charge in [-0.1, -0.05) is 63.8 Å². The van der Waals surface area contributed by atoms with Gasteiger partial charge in [0.15, 0.2) is 0 Å². The molecule has 1 atom stereocenters. The summed E-state index contributed by atoms with van der Waals surface area (Å²) in [5.74, 6) is -0.151. The Labute approximate surface area is 125 Å². The van der Waals surface area contributed by atoms with Crippen LogP contribution >= 0.6 is 0 Å². The third-order valence-corrected chi connectivity index (χ3v) is 3.46. The number of esters is 1. The van der Waals surface area contributed by atoms with Crippen LogP contribution in [-0.4, -0.2) is 12.1 Å². The smallest absolute Gasteiger partial charge is 0.302 e. The molecule has 1 unspecified atom stereocenters. The molecular weight excluding hydrogens is 248 g/mol. The van der Waals surface area contributed by atoms with Gasteiger partial charge < -0.3 is 4.74 Å². The lowest BCUT2D eigenvalue weighted by molar-refractivity contribution is -0.146. The minimum atomic E-state index is -0.151. The van der Waals surface area contributed by atoms with Gasteiger partial charge in [0.1, 0.15) is 6.10 Å². The summed E-state index contributed by atoms with van der Waals surface area (Å²) in [4.78, 5) is 10.9. The molecule has 2 nitrogen and oxygen atoms in total. The first-order valence-electron chi connectivity index (χ1n) is 8.15. The number of hydrogen-bond donors (Lipinski definition) is 0. The van der Waals surface area contributed by atoms with Gasteiger partial charge in [-0.3, -0.25) is 4.79 Å². The van der Waals surface area contributed by atoms with Crippen LogP contribution in [0.2, 0.25) is 0 Å². The summed E-state index contributed by atoms with van der Waals surface area (Å²) in [6.07, 6.45) is 18.3. The molecule has 0 bridgehead atoms. The van der Waals surface area contributed by atoms with Crippen LogP contribution in [-0.2, 0) is 9.53 Å². The summed E-state index contributed by atoms with van der Waals surface area (Å²) in [6.45, 7) is 7.23. The molecule has 2 heteroatoms. The molecule has 0 aliphatic carbocycles. The highest BCUT2D eigenvalue weighted by Crippen LogP contribution is 2.13. The minimum Gasteiger partial charge on any atom is -0.463 e. The Morgan fingerprint density at radius 1 is 1.10 bits per heavy atom. The standard InChI is InChI=1S/C18H32O2/c1-4-6-7-8-9-10-11-12-13-14-15-16-18(5-2)20-17(3)19/h4,6-7,18H,1,5,8-16H2,2-3H3. The first kappa shape index (κ1) is 18.9. The molecule has 0 saturated heterocycles. The van der Waals surface area contributed by atoms with Crippen molar-refractivity contribution in [3.63, 3.8) is 0 Å². The van der Waals surface area contributed by atoms with Crippen molar-refractivity contribution in [2.45, 2.75) is 84.2 Å². The van der Waals surface area contributed by atoms with E-state index >= 15 is 0 Å². The average Bonchev–Trinajstić information content (AvgIpc) is 2.43. The molecule has 0 rings (SSSR count). The van der Waals surface area contributed by atoms with Crippen LogP contribution in [0.4, 0.5) is 0 Å². The van der Waals surface area contributed by atoms with E-state index in [1.165, 1.54) is 58.3 Å². The second-order valence-corrected chi connectivity index (χ2v) is 5.36. The first-order chi connectivity index (χ1) is 9.70. The number of rotatable bonds is 13. The molecule has 0 aromatic rings. The molecule has 0 aliphatic rings. The predicted octanol–water partition coefficient (Wildman–Crippen LogP) is 5.58. The van der Waals surface area contributed by atoms with Crippen molar-refractivity contribution in [3.05, 3.63) is 24.8 Å². The average molecular weight is 280 g/mol. The van der Waals surface area contributed by atoms with E-state index in [0.29, 0.717) is 0 Å². The zero-order valence-corrected chi connectivity index (χ0v) is 13.4. The number of allylic oxidation sites excluding steroid dienone is 3. The van der Waals surface area contributed by atoms with Gasteiger partial charge in [-0.05, 0) is 32.1 Å². The van der Waals surface area contributed by atoms with E-state index in [1.807, 2.05) is 12.2 Å². The van der Waals surface area contributed by atoms with Crippen molar-refractivity contribution in [1.82, 2.24) is 0 Å². The zero-order valence-electron chi connectivity index (χ0n) is 13.4. The Morgan fingerprint density at radius 2 is 1.70 bits per heavy atom. The van der Waals surface area contributed by atoms with Gasteiger partial charge in [0.25, 0.3) is 0 Å². The molecule has 0 aliphatic heterocycles. The summed E-state index contributed by atoms with van der Waals surface area (Å²) in [5.41, 5.74) is 0. The third kappa shape index (κ3) is 13.4. The number of unbranched alkanes of at least 4 members (excludes halogenated alkanes) is 7. The van der Waals surface area contributed by atoms with Crippen molar-refractivity contribution in [2.75, 3.05) is 0 Å². The van der Waals surface area contributed by atoms with Gasteiger partial charge in [0, 0.05) is 6.92 Å². The SMILES string of the molecule is C=CC=CCCCCCCCCCC(CC)OC(C)=O. The Balaban J connectivity index is 3.29. The lowest BCUT2D eigenvalue weighted by Gasteiger charge is -2.14. The highest BCUT2D eigenvalue weighted by molar-refractivity contribution is 5.66. The van der Waals surface area contributed by atoms with E-state index in [-0.39, 0.29) is 12.1 Å². The van der Waals surface area contributed by atoms with Crippen molar-refractivity contribution in [2.24, 2.45) is 0 Å². The molecule has 20 heavy (non-hydrogen) atoms. The van der Waals surface area contributed by atoms with E-state index in [9.17, 15) is 4.79 Å². The van der Waals surface area contributed by atoms with Crippen LogP contribution in [0.1, 0.15) is 78.1 Å². The summed E-state index contributed by atoms with van der Waals surface area (Å²) < 4.78 is 5.24. The Hall–Kier alpha value is -1.05. The van der Waals surface area contributed by atoms with Crippen LogP contribution in [0.25, 0.3) is 0 Å². The van der Waals surface area contributed by atoms with Crippen LogP contribution < -0.4 is 0 Å². The number of hydrogen-bond acceptors (Lipinski definition) is 2. The van der Waals surface area contributed by atoms with Gasteiger partial charge in [-0.25, -0.2) is 0 Å². The zero-order chi connectivity index (χ0) is 15.1. The summed E-state index contributed by atoms with van der Waals surface area (Å²) in [7, 11) is 0. The molecule has 116 valence electrons. The molecule has 0 heterocycles. The topological polar surface area (TPSA) is 26.3 Å². The summed E-state index contributed by atoms with van der Waals surface area (Å²) in [5, 5.41) is 0. The van der Waals surface area contributed by atoms with Gasteiger partial charge in [-0.15, -0.1) is 0 Å². The lowest BCUT2D eigenvalue weighted by Crippen LogP contribution is -2.14. The van der Waals surface area contributed by atoms with Crippen molar-refractivity contribution >= 4 is 5.97 Å². The second kappa shape index (κ2) is 14.4. The van der Waals surface area contributed by atoms with E-state index in [2.05, 4.69) is 19.6 Å². The number of ether oxygens (including phenoxy) is 1. The molecule has 0 spiro atoms. The van der Waals surface area contributed by atoms with Gasteiger partial charge in [0.05, 0.1) is 0 Å². The van der Waals surface area contributed by atoms with Gasteiger partial charge >= 0.3 is 5.97 Å². The van der Waals surface area contributed by atoms with E-state index in [4.69, 9.17) is 4.74 Å². The second-order valence-electron chi connectivity index (χ2n) is 5.36. The van der Waals surface area contributed by atoms with Crippen LogP contribution in [0.5, 0.6) is 0 Å². The molecule has 0 saturated carbocycles. The first-order valence-corrected chi connectivity index (χ1v) is 8.15. The largest absolute Gasteiger partial charge is 0.463 e. The molecular formula is C18H32O2. The molecule has 0 radical (unpaired) electrons. The van der Waals surface area contributed by atoms with E-state index in [1.54, 1.807) is 0 Å². The fourth-order valence-corrected chi connectivity index (χ4v) is 2.29. The van der Waals surface area contributed by atoms with Crippen LogP contribution in [0.3, 0.4) is 0 Å². The number of carbonyl (C=O) groups is 1. The quantitative estimate of drug-likeness (QED) is 0.250. The van der Waals surface area contributed by atoms with Crippen LogP contribution in [0, 0.1) is 0 Å². The molecule has 0 amide bonds. The molecule has 0 fully saturated rings. The Bertz CT molecular complexity index is 269. The van der Waals surface area contributed by atoms with Crippen molar-refractivity contribution < 1.29 is 9.53 Å².